The molecule has 0 radical (unpaired) electrons. The van der Waals surface area contributed by atoms with E-state index in [2.05, 4.69) is 98.9 Å². The van der Waals surface area contributed by atoms with Crippen molar-refractivity contribution in [3.8, 4) is 17.4 Å². The summed E-state index contributed by atoms with van der Waals surface area (Å²) in [5, 5.41) is 17.4. The highest BCUT2D eigenvalue weighted by molar-refractivity contribution is 6.21. The fraction of sp³-hybridized carbons (Fsp3) is 0. The molecule has 0 saturated carbocycles. The predicted octanol–water partition coefficient (Wildman–Crippen LogP) is 9.46. The van der Waals surface area contributed by atoms with Gasteiger partial charge < -0.3 is 9.13 Å². The maximum Gasteiger partial charge on any atom is 0.190 e. The standard InChI is InChI=1S/C36H20N4/c1-38-25-20-24(22-37)36(40-30-15-7-4-12-27(30)28-13-5-8-16-31(28)40)34(21-25)39-32-17-9-6-14-29(32)35-26-11-3-2-10-23(26)18-19-33(35)39/h2-21H. The van der Waals surface area contributed by atoms with Crippen LogP contribution in [0.1, 0.15) is 5.56 Å². The smallest absolute Gasteiger partial charge is 0.190 e. The topological polar surface area (TPSA) is 38.0 Å². The van der Waals surface area contributed by atoms with Crippen LogP contribution in [0, 0.1) is 17.9 Å². The second-order valence-electron chi connectivity index (χ2n) is 9.99. The number of nitrogens with zero attached hydrogens (tertiary/aromatic N) is 4. The van der Waals surface area contributed by atoms with Gasteiger partial charge in [-0.25, -0.2) is 4.85 Å². The summed E-state index contributed by atoms with van der Waals surface area (Å²) in [6, 6.07) is 43.8. The van der Waals surface area contributed by atoms with Crippen molar-refractivity contribution >= 4 is 60.1 Å². The first kappa shape index (κ1) is 22.2. The monoisotopic (exact) mass is 508 g/mol. The molecule has 6 aromatic carbocycles. The van der Waals surface area contributed by atoms with Crippen molar-refractivity contribution in [3.05, 3.63) is 138 Å². The van der Waals surface area contributed by atoms with Crippen LogP contribution >= 0.6 is 0 Å². The molecule has 0 aliphatic rings. The van der Waals surface area contributed by atoms with Gasteiger partial charge >= 0.3 is 0 Å². The van der Waals surface area contributed by atoms with Crippen LogP contribution in [0.5, 0.6) is 0 Å². The van der Waals surface area contributed by atoms with Crippen LogP contribution in [-0.2, 0) is 0 Å². The summed E-state index contributed by atoms with van der Waals surface area (Å²) >= 11 is 0. The van der Waals surface area contributed by atoms with E-state index >= 15 is 0 Å². The minimum atomic E-state index is 0.433. The molecule has 0 N–H and O–H groups in total. The first-order valence-electron chi connectivity index (χ1n) is 13.1. The molecule has 0 bridgehead atoms. The lowest BCUT2D eigenvalue weighted by Gasteiger charge is -2.19. The fourth-order valence-corrected chi connectivity index (χ4v) is 6.32. The highest BCUT2D eigenvalue weighted by Crippen LogP contribution is 2.42. The van der Waals surface area contributed by atoms with Crippen LogP contribution in [0.2, 0.25) is 0 Å². The molecule has 4 nitrogen and oxygen atoms in total. The Morgan fingerprint density at radius 2 is 1.15 bits per heavy atom. The molecule has 0 unspecified atom stereocenters. The van der Waals surface area contributed by atoms with Crippen LogP contribution in [-0.4, -0.2) is 9.13 Å². The van der Waals surface area contributed by atoms with Gasteiger partial charge in [-0.1, -0.05) is 84.9 Å². The van der Waals surface area contributed by atoms with Gasteiger partial charge in [-0.2, -0.15) is 5.26 Å². The van der Waals surface area contributed by atoms with Crippen molar-refractivity contribution in [3.63, 3.8) is 0 Å². The lowest BCUT2D eigenvalue weighted by molar-refractivity contribution is 1.09. The zero-order chi connectivity index (χ0) is 26.8. The molecule has 0 fully saturated rings. The molecule has 2 heterocycles. The molecule has 2 aromatic heterocycles. The SMILES string of the molecule is [C-]#[N+]c1cc(C#N)c(-n2c3ccccc3c3ccccc32)c(-n2c3ccccc3c3c4ccccc4ccc32)c1. The average molecular weight is 509 g/mol. The van der Waals surface area contributed by atoms with Crippen LogP contribution in [0.25, 0.3) is 70.6 Å². The number of aromatic nitrogens is 2. The molecule has 4 heteroatoms. The molecule has 0 amide bonds. The molecule has 0 aliphatic heterocycles. The van der Waals surface area contributed by atoms with Crippen molar-refractivity contribution in [2.24, 2.45) is 0 Å². The quantitative estimate of drug-likeness (QED) is 0.214. The van der Waals surface area contributed by atoms with E-state index in [0.29, 0.717) is 11.3 Å². The Bertz CT molecular complexity index is 2350. The van der Waals surface area contributed by atoms with E-state index < -0.39 is 0 Å². The summed E-state index contributed by atoms with van der Waals surface area (Å²) in [5.74, 6) is 0. The van der Waals surface area contributed by atoms with E-state index in [-0.39, 0.29) is 0 Å². The van der Waals surface area contributed by atoms with Crippen molar-refractivity contribution in [1.82, 2.24) is 9.13 Å². The van der Waals surface area contributed by atoms with E-state index in [1.54, 1.807) is 6.07 Å². The molecular formula is C36H20N4. The number of benzene rings is 6. The van der Waals surface area contributed by atoms with Crippen LogP contribution in [0.4, 0.5) is 5.69 Å². The molecule has 8 rings (SSSR count). The number of rotatable bonds is 2. The maximum atomic E-state index is 10.5. The van der Waals surface area contributed by atoms with Crippen molar-refractivity contribution < 1.29 is 0 Å². The molecule has 0 spiro atoms. The minimum Gasteiger partial charge on any atom is -0.308 e. The van der Waals surface area contributed by atoms with Crippen molar-refractivity contribution in [2.75, 3.05) is 0 Å². The summed E-state index contributed by atoms with van der Waals surface area (Å²) in [5.41, 5.74) is 6.56. The first-order valence-corrected chi connectivity index (χ1v) is 13.1. The molecule has 0 atom stereocenters. The van der Waals surface area contributed by atoms with E-state index in [0.717, 1.165) is 55.0 Å². The maximum absolute atomic E-state index is 10.5. The van der Waals surface area contributed by atoms with Gasteiger partial charge in [0.15, 0.2) is 5.69 Å². The van der Waals surface area contributed by atoms with E-state index in [1.165, 1.54) is 10.8 Å². The third-order valence-electron chi connectivity index (χ3n) is 7.93. The number of hydrogen-bond donors (Lipinski definition) is 0. The van der Waals surface area contributed by atoms with E-state index in [9.17, 15) is 5.26 Å². The number of para-hydroxylation sites is 3. The molecule has 0 aliphatic carbocycles. The third-order valence-corrected chi connectivity index (χ3v) is 7.93. The fourth-order valence-electron chi connectivity index (χ4n) is 6.32. The Morgan fingerprint density at radius 3 is 1.80 bits per heavy atom. The largest absolute Gasteiger partial charge is 0.308 e. The molecule has 184 valence electrons. The molecule has 8 aromatic rings. The second kappa shape index (κ2) is 8.33. The van der Waals surface area contributed by atoms with Gasteiger partial charge in [-0.15, -0.1) is 0 Å². The number of nitriles is 1. The van der Waals surface area contributed by atoms with Crippen molar-refractivity contribution in [2.45, 2.75) is 0 Å². The van der Waals surface area contributed by atoms with Gasteiger partial charge in [-0.3, -0.25) is 0 Å². The minimum absolute atomic E-state index is 0.433. The van der Waals surface area contributed by atoms with Gasteiger partial charge in [0.05, 0.1) is 45.6 Å². The molecular weight excluding hydrogens is 488 g/mol. The van der Waals surface area contributed by atoms with Crippen molar-refractivity contribution in [1.29, 1.82) is 5.26 Å². The average Bonchev–Trinajstić information content (AvgIpc) is 3.53. The Kier molecular flexibility index (Phi) is 4.62. The highest BCUT2D eigenvalue weighted by atomic mass is 15.1. The zero-order valence-electron chi connectivity index (χ0n) is 21.3. The lowest BCUT2D eigenvalue weighted by Crippen LogP contribution is -2.06. The highest BCUT2D eigenvalue weighted by Gasteiger charge is 2.23. The molecule has 0 saturated heterocycles. The van der Waals surface area contributed by atoms with Crippen LogP contribution in [0.3, 0.4) is 0 Å². The summed E-state index contributed by atoms with van der Waals surface area (Å²) in [7, 11) is 0. The lowest BCUT2D eigenvalue weighted by atomic mass is 10.0. The Hall–Kier alpha value is -5.84. The van der Waals surface area contributed by atoms with Gasteiger partial charge in [0.2, 0.25) is 0 Å². The normalized spacial score (nSPS) is 11.4. The Balaban J connectivity index is 1.62. The van der Waals surface area contributed by atoms with Crippen LogP contribution in [0.15, 0.2) is 121 Å². The van der Waals surface area contributed by atoms with E-state index in [4.69, 9.17) is 6.57 Å². The van der Waals surface area contributed by atoms with Gasteiger partial charge in [0.1, 0.15) is 6.07 Å². The molecule has 40 heavy (non-hydrogen) atoms. The first-order chi connectivity index (χ1) is 19.8. The summed E-state index contributed by atoms with van der Waals surface area (Å²) in [4.78, 5) is 3.78. The Labute approximate surface area is 230 Å². The zero-order valence-corrected chi connectivity index (χ0v) is 21.3. The number of hydrogen-bond acceptors (Lipinski definition) is 1. The summed E-state index contributed by atoms with van der Waals surface area (Å²) < 4.78 is 4.42. The predicted molar refractivity (Wildman–Crippen MR) is 164 cm³/mol. The van der Waals surface area contributed by atoms with Gasteiger partial charge in [0, 0.05) is 21.5 Å². The number of fused-ring (bicyclic) bond motifs is 8. The summed E-state index contributed by atoms with van der Waals surface area (Å²) in [6.07, 6.45) is 0. The van der Waals surface area contributed by atoms with E-state index in [1.807, 2.05) is 36.4 Å². The summed E-state index contributed by atoms with van der Waals surface area (Å²) in [6.45, 7) is 7.88. The van der Waals surface area contributed by atoms with Gasteiger partial charge in [0.25, 0.3) is 0 Å². The third kappa shape index (κ3) is 2.93. The van der Waals surface area contributed by atoms with Crippen LogP contribution < -0.4 is 0 Å². The van der Waals surface area contributed by atoms with Gasteiger partial charge in [-0.05, 0) is 47.2 Å². The Morgan fingerprint density at radius 1 is 0.575 bits per heavy atom. The second-order valence-corrected chi connectivity index (χ2v) is 9.99.